The number of aliphatic hydroxyl groups is 1. The van der Waals surface area contributed by atoms with Gasteiger partial charge in [-0.3, -0.25) is 4.79 Å². The fourth-order valence-corrected chi connectivity index (χ4v) is 3.94. The van der Waals surface area contributed by atoms with Crippen LogP contribution in [0.3, 0.4) is 0 Å². The minimum atomic E-state index is -0.961. The van der Waals surface area contributed by atoms with Crippen LogP contribution in [0.25, 0.3) is 16.7 Å². The standard InChI is InChI=1S/C26H31N3O6/c1-5-22(30)25(34)35-12-8-9-16(15-23(31)32)17-13-18(26(2,3)4)24(33)21(14-17)29-20-11-7-6-10-19(20)27-28-29/h5-7,10-11,13-14,16,30,33H,8-9,12,15H2,1-4H3,(H,31,32). The first-order chi connectivity index (χ1) is 16.5. The number of hydrogen-bond acceptors (Lipinski definition) is 7. The maximum atomic E-state index is 11.7. The fourth-order valence-electron chi connectivity index (χ4n) is 3.94. The van der Waals surface area contributed by atoms with Crippen molar-refractivity contribution < 1.29 is 29.6 Å². The predicted molar refractivity (Wildman–Crippen MR) is 131 cm³/mol. The zero-order chi connectivity index (χ0) is 25.8. The van der Waals surface area contributed by atoms with Crippen LogP contribution in [0.15, 0.2) is 48.2 Å². The summed E-state index contributed by atoms with van der Waals surface area (Å²) in [6, 6.07) is 11.0. The molecule has 0 bridgehead atoms. The molecule has 3 aromatic rings. The number of aliphatic hydroxyl groups excluding tert-OH is 1. The molecule has 0 radical (unpaired) electrons. The molecule has 9 heteroatoms. The highest BCUT2D eigenvalue weighted by Gasteiger charge is 2.26. The number of carbonyl (C=O) groups is 2. The van der Waals surface area contributed by atoms with E-state index in [1.165, 1.54) is 13.0 Å². The normalized spacial score (nSPS) is 13.1. The van der Waals surface area contributed by atoms with E-state index < -0.39 is 29.0 Å². The molecule has 35 heavy (non-hydrogen) atoms. The Morgan fingerprint density at radius 3 is 2.54 bits per heavy atom. The van der Waals surface area contributed by atoms with Gasteiger partial charge in [-0.1, -0.05) is 44.2 Å². The van der Waals surface area contributed by atoms with Crippen LogP contribution >= 0.6 is 0 Å². The lowest BCUT2D eigenvalue weighted by atomic mass is 9.81. The average molecular weight is 482 g/mol. The number of aromatic hydroxyl groups is 1. The number of para-hydroxylation sites is 1. The second kappa shape index (κ2) is 10.6. The number of phenolic OH excluding ortho intramolecular Hbond substituents is 1. The molecule has 0 spiro atoms. The Hall–Kier alpha value is -3.88. The van der Waals surface area contributed by atoms with E-state index in [1.807, 2.05) is 51.1 Å². The van der Waals surface area contributed by atoms with E-state index >= 15 is 0 Å². The Bertz CT molecular complexity index is 1260. The van der Waals surface area contributed by atoms with Crippen LogP contribution < -0.4 is 0 Å². The summed E-state index contributed by atoms with van der Waals surface area (Å²) in [5.41, 5.74) is 2.75. The highest BCUT2D eigenvalue weighted by molar-refractivity contribution is 5.85. The van der Waals surface area contributed by atoms with Crippen molar-refractivity contribution in [2.24, 2.45) is 0 Å². The molecule has 9 nitrogen and oxygen atoms in total. The van der Waals surface area contributed by atoms with Crippen LogP contribution in [0.5, 0.6) is 5.75 Å². The van der Waals surface area contributed by atoms with Crippen molar-refractivity contribution >= 4 is 23.0 Å². The van der Waals surface area contributed by atoms with Crippen LogP contribution in [-0.4, -0.2) is 48.9 Å². The zero-order valence-electron chi connectivity index (χ0n) is 20.4. The second-order valence-electron chi connectivity index (χ2n) is 9.42. The summed E-state index contributed by atoms with van der Waals surface area (Å²) < 4.78 is 6.61. The molecule has 1 heterocycles. The van der Waals surface area contributed by atoms with Gasteiger partial charge in [-0.15, -0.1) is 5.10 Å². The zero-order valence-corrected chi connectivity index (χ0v) is 20.4. The number of aliphatic carboxylic acids is 1. The maximum absolute atomic E-state index is 11.7. The lowest BCUT2D eigenvalue weighted by Crippen LogP contribution is -2.16. The number of phenols is 1. The minimum Gasteiger partial charge on any atom is -0.505 e. The largest absolute Gasteiger partial charge is 0.505 e. The van der Waals surface area contributed by atoms with E-state index in [9.17, 15) is 24.9 Å². The highest BCUT2D eigenvalue weighted by atomic mass is 16.5. The Morgan fingerprint density at radius 1 is 1.17 bits per heavy atom. The second-order valence-corrected chi connectivity index (χ2v) is 9.42. The van der Waals surface area contributed by atoms with E-state index in [0.717, 1.165) is 5.56 Å². The van der Waals surface area contributed by atoms with Gasteiger partial charge in [-0.2, -0.15) is 0 Å². The monoisotopic (exact) mass is 481 g/mol. The minimum absolute atomic E-state index is 0.0393. The number of hydrogen-bond donors (Lipinski definition) is 3. The molecule has 0 saturated heterocycles. The molecule has 3 N–H and O–H groups in total. The number of carbonyl (C=O) groups excluding carboxylic acids is 1. The van der Waals surface area contributed by atoms with E-state index in [2.05, 4.69) is 10.3 Å². The number of carboxylic acids is 1. The van der Waals surface area contributed by atoms with Gasteiger partial charge in [-0.05, 0) is 60.9 Å². The summed E-state index contributed by atoms with van der Waals surface area (Å²) in [4.78, 5) is 23.4. The van der Waals surface area contributed by atoms with Crippen molar-refractivity contribution in [3.8, 4) is 11.4 Å². The first-order valence-electron chi connectivity index (χ1n) is 11.4. The van der Waals surface area contributed by atoms with Crippen molar-refractivity contribution in [2.45, 2.75) is 58.3 Å². The van der Waals surface area contributed by atoms with Gasteiger partial charge >= 0.3 is 11.9 Å². The molecule has 2 aromatic carbocycles. The first-order valence-corrected chi connectivity index (χ1v) is 11.4. The van der Waals surface area contributed by atoms with Crippen molar-refractivity contribution in [2.75, 3.05) is 6.61 Å². The van der Waals surface area contributed by atoms with Crippen molar-refractivity contribution in [3.63, 3.8) is 0 Å². The number of ether oxygens (including phenoxy) is 1. The number of fused-ring (bicyclic) bond motifs is 1. The molecule has 0 saturated carbocycles. The van der Waals surface area contributed by atoms with Gasteiger partial charge in [0.1, 0.15) is 17.0 Å². The SMILES string of the molecule is CC=C(O)C(=O)OCCCC(CC(=O)O)c1cc(-n2nnc3ccccc32)c(O)c(C(C)(C)C)c1. The van der Waals surface area contributed by atoms with Crippen LogP contribution in [0.1, 0.15) is 64.0 Å². The van der Waals surface area contributed by atoms with Gasteiger partial charge in [-0.25, -0.2) is 9.48 Å². The Balaban J connectivity index is 2.00. The lowest BCUT2D eigenvalue weighted by Gasteiger charge is -2.25. The third-order valence-corrected chi connectivity index (χ3v) is 5.81. The third kappa shape index (κ3) is 5.98. The number of carboxylic acid groups (broad SMARTS) is 1. The van der Waals surface area contributed by atoms with Crippen molar-refractivity contribution in [3.05, 3.63) is 59.4 Å². The summed E-state index contributed by atoms with van der Waals surface area (Å²) in [7, 11) is 0. The lowest BCUT2D eigenvalue weighted by molar-refractivity contribution is -0.142. The predicted octanol–water partition coefficient (Wildman–Crippen LogP) is 4.77. The van der Waals surface area contributed by atoms with Gasteiger partial charge in [0.2, 0.25) is 0 Å². The summed E-state index contributed by atoms with van der Waals surface area (Å²) in [6.07, 6.45) is 1.92. The van der Waals surface area contributed by atoms with Gasteiger partial charge < -0.3 is 20.1 Å². The van der Waals surface area contributed by atoms with Gasteiger partial charge in [0.05, 0.1) is 18.5 Å². The molecule has 0 fully saturated rings. The number of rotatable bonds is 9. The van der Waals surface area contributed by atoms with Gasteiger partial charge in [0.25, 0.3) is 0 Å². The van der Waals surface area contributed by atoms with E-state index in [1.54, 1.807) is 10.7 Å². The molecule has 0 amide bonds. The molecule has 3 rings (SSSR count). The summed E-state index contributed by atoms with van der Waals surface area (Å²) >= 11 is 0. The number of esters is 1. The third-order valence-electron chi connectivity index (χ3n) is 5.81. The maximum Gasteiger partial charge on any atom is 0.373 e. The molecule has 0 aliphatic heterocycles. The number of nitrogens with zero attached hydrogens (tertiary/aromatic N) is 3. The van der Waals surface area contributed by atoms with Crippen molar-refractivity contribution in [1.29, 1.82) is 0 Å². The molecular formula is C26H31N3O6. The molecular weight excluding hydrogens is 450 g/mol. The number of aromatic nitrogens is 3. The van der Waals surface area contributed by atoms with Crippen LogP contribution in [-0.2, 0) is 19.7 Å². The van der Waals surface area contributed by atoms with Crippen LogP contribution in [0.2, 0.25) is 0 Å². The summed E-state index contributed by atoms with van der Waals surface area (Å²) in [6.45, 7) is 7.46. The quantitative estimate of drug-likeness (QED) is 0.172. The van der Waals surface area contributed by atoms with Crippen LogP contribution in [0, 0.1) is 0 Å². The molecule has 0 aliphatic rings. The average Bonchev–Trinajstić information content (AvgIpc) is 3.23. The molecule has 1 atom stereocenters. The summed E-state index contributed by atoms with van der Waals surface area (Å²) in [5.74, 6) is -2.59. The highest BCUT2D eigenvalue weighted by Crippen LogP contribution is 2.40. The fraction of sp³-hybridized carbons (Fsp3) is 0.385. The van der Waals surface area contributed by atoms with Crippen LogP contribution in [0.4, 0.5) is 0 Å². The first kappa shape index (κ1) is 25.7. The Kier molecular flexibility index (Phi) is 7.78. The number of allylic oxidation sites excluding steroid dienone is 1. The Labute approximate surface area is 203 Å². The van der Waals surface area contributed by atoms with Crippen molar-refractivity contribution in [1.82, 2.24) is 15.0 Å². The molecule has 0 aliphatic carbocycles. The van der Waals surface area contributed by atoms with Gasteiger partial charge in [0, 0.05) is 5.56 Å². The molecule has 186 valence electrons. The van der Waals surface area contributed by atoms with Gasteiger partial charge in [0.15, 0.2) is 5.76 Å². The Morgan fingerprint density at radius 2 is 1.89 bits per heavy atom. The smallest absolute Gasteiger partial charge is 0.373 e. The van der Waals surface area contributed by atoms with E-state index in [0.29, 0.717) is 35.1 Å². The van der Waals surface area contributed by atoms with E-state index in [4.69, 9.17) is 4.74 Å². The topological polar surface area (TPSA) is 135 Å². The van der Waals surface area contributed by atoms with E-state index in [-0.39, 0.29) is 18.8 Å². The molecule has 1 aromatic heterocycles. The summed E-state index contributed by atoms with van der Waals surface area (Å²) in [5, 5.41) is 38.6. The number of benzene rings is 2. The molecule has 1 unspecified atom stereocenters.